The average molecular weight is 439 g/mol. The van der Waals surface area contributed by atoms with E-state index in [1.807, 2.05) is 0 Å². The molecule has 0 fully saturated rings. The van der Waals surface area contributed by atoms with E-state index in [4.69, 9.17) is 5.73 Å². The average Bonchev–Trinajstić information content (AvgIpc) is 3.26. The number of nitrogens with two attached hydrogens (primary N) is 1. The molecule has 4 rings (SSSR count). The summed E-state index contributed by atoms with van der Waals surface area (Å²) in [5.41, 5.74) is 7.03. The third-order valence-electron chi connectivity index (χ3n) is 5.46. The van der Waals surface area contributed by atoms with Crippen LogP contribution in [-0.4, -0.2) is 38.6 Å². The van der Waals surface area contributed by atoms with Crippen LogP contribution in [0.15, 0.2) is 68.9 Å². The third kappa shape index (κ3) is 3.88. The second-order valence-corrected chi connectivity index (χ2v) is 8.94. The summed E-state index contributed by atoms with van der Waals surface area (Å²) in [6.07, 6.45) is 4.96. The van der Waals surface area contributed by atoms with Gasteiger partial charge < -0.3 is 21.3 Å². The Bertz CT molecular complexity index is 1080. The zero-order chi connectivity index (χ0) is 22.2. The molecule has 0 radical (unpaired) electrons. The molecule has 5 N–H and O–H groups in total. The molecule has 3 aliphatic rings. The number of thioether (sulfide) groups is 1. The molecule has 2 heterocycles. The summed E-state index contributed by atoms with van der Waals surface area (Å²) in [7, 11) is 0. The van der Waals surface area contributed by atoms with E-state index < -0.39 is 28.3 Å². The smallest absolute Gasteiger partial charge is 0.342 e. The number of nitrogens with zero attached hydrogens (tertiary/aromatic N) is 1. The predicted octanol–water partition coefficient (Wildman–Crippen LogP) is 2.80. The molecule has 0 saturated carbocycles. The number of aliphatic hydroxyl groups is 1. The highest BCUT2D eigenvalue weighted by Gasteiger charge is 2.47. The Kier molecular flexibility index (Phi) is 5.45. The molecular formula is C22H21N3O5S. The van der Waals surface area contributed by atoms with Crippen LogP contribution in [0, 0.1) is 0 Å². The first-order valence-corrected chi connectivity index (χ1v) is 10.7. The fourth-order valence-electron chi connectivity index (χ4n) is 3.90. The van der Waals surface area contributed by atoms with Crippen molar-refractivity contribution >= 4 is 35.3 Å². The standard InChI is InChI=1S/C22H21N3O5S/c23-19(25-22(21(29)30)11-13-8-4-5-9-16(13)31-22)17-18(27)14(24-20(17)28)10-15(26)12-6-2-1-3-7-12/h1-3,6-7,10,27H,4-5,8-9,11H2,(H2,23,25)(H,24,28)(H,29,30)/b14-10-. The van der Waals surface area contributed by atoms with Gasteiger partial charge in [0.05, 0.1) is 5.70 Å². The van der Waals surface area contributed by atoms with Crippen molar-refractivity contribution < 1.29 is 24.6 Å². The lowest BCUT2D eigenvalue weighted by molar-refractivity contribution is -0.139. The van der Waals surface area contributed by atoms with E-state index >= 15 is 0 Å². The zero-order valence-corrected chi connectivity index (χ0v) is 17.4. The summed E-state index contributed by atoms with van der Waals surface area (Å²) in [4.78, 5) is 40.6. The molecule has 1 aliphatic carbocycles. The minimum Gasteiger partial charge on any atom is -0.505 e. The molecule has 2 aliphatic heterocycles. The largest absolute Gasteiger partial charge is 0.505 e. The monoisotopic (exact) mass is 439 g/mol. The van der Waals surface area contributed by atoms with Crippen LogP contribution in [0.5, 0.6) is 0 Å². The van der Waals surface area contributed by atoms with Crippen molar-refractivity contribution in [1.29, 1.82) is 0 Å². The van der Waals surface area contributed by atoms with Crippen LogP contribution in [0.1, 0.15) is 42.5 Å². The third-order valence-corrected chi connectivity index (χ3v) is 6.95. The van der Waals surface area contributed by atoms with Gasteiger partial charge in [0.15, 0.2) is 11.5 Å². The second kappa shape index (κ2) is 8.07. The highest BCUT2D eigenvalue weighted by atomic mass is 32.2. The van der Waals surface area contributed by atoms with E-state index in [-0.39, 0.29) is 23.5 Å². The molecule has 0 bridgehead atoms. The lowest BCUT2D eigenvalue weighted by Gasteiger charge is -2.20. The molecule has 0 spiro atoms. The Morgan fingerprint density at radius 2 is 1.90 bits per heavy atom. The van der Waals surface area contributed by atoms with Crippen molar-refractivity contribution in [3.05, 3.63) is 69.5 Å². The van der Waals surface area contributed by atoms with Crippen LogP contribution in [-0.2, 0) is 9.59 Å². The number of aliphatic carboxylic acids is 1. The van der Waals surface area contributed by atoms with E-state index in [0.717, 1.165) is 54.0 Å². The van der Waals surface area contributed by atoms with Crippen LogP contribution in [0.3, 0.4) is 0 Å². The number of carboxylic acids is 1. The molecule has 1 aromatic rings. The number of amidine groups is 1. The Morgan fingerprint density at radius 3 is 2.58 bits per heavy atom. The molecule has 1 aromatic carbocycles. The highest BCUT2D eigenvalue weighted by Crippen LogP contribution is 2.52. The summed E-state index contributed by atoms with van der Waals surface area (Å²) in [5.74, 6) is -3.21. The van der Waals surface area contributed by atoms with Crippen molar-refractivity contribution in [3.63, 3.8) is 0 Å². The molecule has 1 amide bonds. The van der Waals surface area contributed by atoms with Crippen molar-refractivity contribution in [2.24, 2.45) is 10.7 Å². The fraction of sp³-hybridized carbons (Fsp3) is 0.273. The normalized spacial score (nSPS) is 25.1. The summed E-state index contributed by atoms with van der Waals surface area (Å²) in [6, 6.07) is 8.37. The van der Waals surface area contributed by atoms with Crippen molar-refractivity contribution in [2.75, 3.05) is 0 Å². The van der Waals surface area contributed by atoms with Gasteiger partial charge in [-0.1, -0.05) is 47.7 Å². The van der Waals surface area contributed by atoms with Gasteiger partial charge in [-0.2, -0.15) is 0 Å². The van der Waals surface area contributed by atoms with E-state index in [1.54, 1.807) is 30.3 Å². The number of amides is 1. The number of nitrogens with one attached hydrogen (secondary N) is 1. The first-order valence-electron chi connectivity index (χ1n) is 9.86. The Morgan fingerprint density at radius 1 is 1.19 bits per heavy atom. The van der Waals surface area contributed by atoms with E-state index in [2.05, 4.69) is 10.3 Å². The highest BCUT2D eigenvalue weighted by molar-refractivity contribution is 8.05. The molecule has 8 nitrogen and oxygen atoms in total. The topological polar surface area (TPSA) is 142 Å². The van der Waals surface area contributed by atoms with E-state index in [1.165, 1.54) is 0 Å². The van der Waals surface area contributed by atoms with E-state index in [0.29, 0.717) is 5.56 Å². The first kappa shape index (κ1) is 20.9. The van der Waals surface area contributed by atoms with Crippen LogP contribution < -0.4 is 11.1 Å². The number of benzene rings is 1. The fourth-order valence-corrected chi connectivity index (χ4v) is 5.35. The van der Waals surface area contributed by atoms with Crippen molar-refractivity contribution in [3.8, 4) is 0 Å². The summed E-state index contributed by atoms with van der Waals surface area (Å²) >= 11 is 1.16. The molecule has 0 aromatic heterocycles. The van der Waals surface area contributed by atoms with Crippen LogP contribution in [0.4, 0.5) is 0 Å². The van der Waals surface area contributed by atoms with Crippen molar-refractivity contribution in [2.45, 2.75) is 37.0 Å². The maximum atomic E-state index is 12.4. The van der Waals surface area contributed by atoms with Gasteiger partial charge in [-0.25, -0.2) is 9.79 Å². The van der Waals surface area contributed by atoms with Gasteiger partial charge in [-0.05, 0) is 30.6 Å². The van der Waals surface area contributed by atoms with Gasteiger partial charge in [-0.15, -0.1) is 0 Å². The predicted molar refractivity (Wildman–Crippen MR) is 116 cm³/mol. The number of rotatable bonds is 5. The Balaban J connectivity index is 1.65. The maximum absolute atomic E-state index is 12.4. The van der Waals surface area contributed by atoms with Gasteiger partial charge in [0.25, 0.3) is 5.91 Å². The summed E-state index contributed by atoms with van der Waals surface area (Å²) < 4.78 is 0. The molecular weight excluding hydrogens is 418 g/mol. The van der Waals surface area contributed by atoms with Gasteiger partial charge in [-0.3, -0.25) is 9.59 Å². The summed E-state index contributed by atoms with van der Waals surface area (Å²) in [6.45, 7) is 0. The lowest BCUT2D eigenvalue weighted by atomic mass is 9.94. The number of allylic oxidation sites excluding steroid dienone is 2. The number of carboxylic acid groups (broad SMARTS) is 1. The Labute approximate surface area is 182 Å². The maximum Gasteiger partial charge on any atom is 0.342 e. The number of aliphatic hydroxyl groups excluding tert-OH is 1. The number of carbonyl (C=O) groups is 3. The Hall–Kier alpha value is -3.33. The molecule has 160 valence electrons. The first-order chi connectivity index (χ1) is 14.8. The summed E-state index contributed by atoms with van der Waals surface area (Å²) in [5, 5.41) is 22.8. The van der Waals surface area contributed by atoms with Crippen LogP contribution in [0.2, 0.25) is 0 Å². The molecule has 0 saturated heterocycles. The molecule has 1 unspecified atom stereocenters. The van der Waals surface area contributed by atoms with Gasteiger partial charge in [0.1, 0.15) is 11.4 Å². The minimum atomic E-state index is -1.56. The molecule has 31 heavy (non-hydrogen) atoms. The molecule has 1 atom stereocenters. The van der Waals surface area contributed by atoms with Crippen LogP contribution >= 0.6 is 11.8 Å². The SMILES string of the molecule is NC(=NC1(C(=O)O)CC2=C(CCCC2)S1)C1=C(O)/C(=C/C(=O)c2ccccc2)NC1=O. The number of carbonyl (C=O) groups excluding carboxylic acids is 2. The number of aliphatic imine (C=N–C) groups is 1. The number of ketones is 1. The zero-order valence-electron chi connectivity index (χ0n) is 16.6. The van der Waals surface area contributed by atoms with Crippen molar-refractivity contribution in [1.82, 2.24) is 5.32 Å². The second-order valence-electron chi connectivity index (χ2n) is 7.57. The van der Waals surface area contributed by atoms with Gasteiger partial charge >= 0.3 is 5.97 Å². The van der Waals surface area contributed by atoms with Crippen LogP contribution in [0.25, 0.3) is 0 Å². The van der Waals surface area contributed by atoms with E-state index in [9.17, 15) is 24.6 Å². The minimum absolute atomic E-state index is 0.104. The lowest BCUT2D eigenvalue weighted by Crippen LogP contribution is -2.35. The number of hydrogen-bond acceptors (Lipinski definition) is 6. The van der Waals surface area contributed by atoms with Gasteiger partial charge in [0, 0.05) is 18.1 Å². The number of hydrogen-bond donors (Lipinski definition) is 4. The quantitative estimate of drug-likeness (QED) is 0.239. The van der Waals surface area contributed by atoms with Gasteiger partial charge in [0.2, 0.25) is 4.87 Å². The molecule has 9 heteroatoms.